The molecular weight excluding hydrogens is 304 g/mol. The summed E-state index contributed by atoms with van der Waals surface area (Å²) in [5.74, 6) is 0.754. The van der Waals surface area contributed by atoms with Crippen LogP contribution in [-0.4, -0.2) is 38.5 Å². The molecule has 24 heavy (non-hydrogen) atoms. The molecule has 1 aliphatic carbocycles. The van der Waals surface area contributed by atoms with Crippen molar-refractivity contribution in [1.29, 1.82) is 0 Å². The Hall–Kier alpha value is -2.63. The molecule has 6 nitrogen and oxygen atoms in total. The number of pyridine rings is 1. The average Bonchev–Trinajstić information content (AvgIpc) is 3.31. The number of ether oxygens (including phenoxy) is 1. The minimum atomic E-state index is 0.0456. The Labute approximate surface area is 140 Å². The minimum absolute atomic E-state index is 0.0456. The summed E-state index contributed by atoms with van der Waals surface area (Å²) in [5, 5.41) is 0. The van der Waals surface area contributed by atoms with Crippen LogP contribution in [0.15, 0.2) is 48.6 Å². The van der Waals surface area contributed by atoms with Gasteiger partial charge in [-0.15, -0.1) is 0 Å². The third-order valence-corrected chi connectivity index (χ3v) is 4.59. The molecule has 124 valence electrons. The zero-order valence-electron chi connectivity index (χ0n) is 13.5. The molecular formula is C18H20N4O2. The van der Waals surface area contributed by atoms with Crippen LogP contribution >= 0.6 is 0 Å². The molecule has 4 rings (SSSR count). The lowest BCUT2D eigenvalue weighted by atomic mass is 10.1. The molecule has 0 saturated heterocycles. The molecule has 6 heteroatoms. The Bertz CT molecular complexity index is 753. The molecule has 1 amide bonds. The second-order valence-electron chi connectivity index (χ2n) is 6.23. The molecule has 0 fully saturated rings. The fraction of sp³-hybridized carbons (Fsp3) is 0.389. The van der Waals surface area contributed by atoms with Crippen molar-refractivity contribution in [1.82, 2.24) is 19.4 Å². The zero-order chi connectivity index (χ0) is 16.4. The van der Waals surface area contributed by atoms with Crippen LogP contribution in [0.1, 0.15) is 31.0 Å². The third kappa shape index (κ3) is 2.91. The Balaban J connectivity index is 1.50. The van der Waals surface area contributed by atoms with Gasteiger partial charge in [0.2, 0.25) is 11.8 Å². The standard InChI is InChI=1S/C18H20N4O2/c23-18(14-5-1-2-6-14)21-10-15-9-19-13-22(15)16(11-21)12-24-17-7-3-4-8-20-17/h3-5,7-9,13,16H,1-2,6,10-12H2/t16-/m0/s1. The summed E-state index contributed by atoms with van der Waals surface area (Å²) >= 11 is 0. The number of rotatable bonds is 4. The number of allylic oxidation sites excluding steroid dienone is 1. The fourth-order valence-electron chi connectivity index (χ4n) is 3.36. The maximum Gasteiger partial charge on any atom is 0.249 e. The smallest absolute Gasteiger partial charge is 0.249 e. The topological polar surface area (TPSA) is 60.2 Å². The van der Waals surface area contributed by atoms with Gasteiger partial charge in [0.25, 0.3) is 0 Å². The molecule has 0 aromatic carbocycles. The van der Waals surface area contributed by atoms with E-state index in [1.165, 1.54) is 0 Å². The molecule has 2 aromatic heterocycles. The van der Waals surface area contributed by atoms with Crippen LogP contribution in [0.25, 0.3) is 0 Å². The number of carbonyl (C=O) groups excluding carboxylic acids is 1. The zero-order valence-corrected chi connectivity index (χ0v) is 13.5. The number of amides is 1. The van der Waals surface area contributed by atoms with E-state index in [0.717, 1.165) is 30.5 Å². The number of carbonyl (C=O) groups is 1. The number of aromatic nitrogens is 3. The first-order chi connectivity index (χ1) is 11.8. The molecule has 0 radical (unpaired) electrons. The second-order valence-corrected chi connectivity index (χ2v) is 6.23. The van der Waals surface area contributed by atoms with E-state index in [0.29, 0.717) is 25.6 Å². The summed E-state index contributed by atoms with van der Waals surface area (Å²) in [6, 6.07) is 5.64. The van der Waals surface area contributed by atoms with Crippen molar-refractivity contribution in [2.24, 2.45) is 0 Å². The normalized spacial score (nSPS) is 19.8. The van der Waals surface area contributed by atoms with Crippen molar-refractivity contribution in [2.75, 3.05) is 13.2 Å². The minimum Gasteiger partial charge on any atom is -0.475 e. The molecule has 3 heterocycles. The first-order valence-corrected chi connectivity index (χ1v) is 8.34. The van der Waals surface area contributed by atoms with E-state index in [1.54, 1.807) is 6.20 Å². The van der Waals surface area contributed by atoms with E-state index in [4.69, 9.17) is 4.74 Å². The summed E-state index contributed by atoms with van der Waals surface area (Å²) in [6.45, 7) is 1.70. The highest BCUT2D eigenvalue weighted by Crippen LogP contribution is 2.26. The van der Waals surface area contributed by atoms with E-state index < -0.39 is 0 Å². The van der Waals surface area contributed by atoms with Crippen LogP contribution in [0.3, 0.4) is 0 Å². The Morgan fingerprint density at radius 2 is 2.33 bits per heavy atom. The molecule has 0 saturated carbocycles. The maximum atomic E-state index is 12.7. The quantitative estimate of drug-likeness (QED) is 0.866. The van der Waals surface area contributed by atoms with Crippen LogP contribution < -0.4 is 4.74 Å². The van der Waals surface area contributed by atoms with Gasteiger partial charge < -0.3 is 14.2 Å². The van der Waals surface area contributed by atoms with Crippen LogP contribution in [0, 0.1) is 0 Å². The van der Waals surface area contributed by atoms with E-state index in [9.17, 15) is 4.79 Å². The number of hydrogen-bond donors (Lipinski definition) is 0. The van der Waals surface area contributed by atoms with Crippen LogP contribution in [0.4, 0.5) is 0 Å². The van der Waals surface area contributed by atoms with Crippen LogP contribution in [0.5, 0.6) is 5.88 Å². The molecule has 0 spiro atoms. The predicted molar refractivity (Wildman–Crippen MR) is 88.3 cm³/mol. The first-order valence-electron chi connectivity index (χ1n) is 8.34. The number of fused-ring (bicyclic) bond motifs is 1. The summed E-state index contributed by atoms with van der Waals surface area (Å²) in [4.78, 5) is 23.1. The lowest BCUT2D eigenvalue weighted by molar-refractivity contribution is -0.129. The Kier molecular flexibility index (Phi) is 4.02. The van der Waals surface area contributed by atoms with Gasteiger partial charge in [-0.1, -0.05) is 12.1 Å². The number of imidazole rings is 1. The van der Waals surface area contributed by atoms with Crippen molar-refractivity contribution in [3.05, 3.63) is 54.3 Å². The van der Waals surface area contributed by atoms with Gasteiger partial charge in [-0.2, -0.15) is 0 Å². The van der Waals surface area contributed by atoms with Gasteiger partial charge in [0.1, 0.15) is 6.61 Å². The lowest BCUT2D eigenvalue weighted by Gasteiger charge is -2.34. The highest BCUT2D eigenvalue weighted by molar-refractivity contribution is 5.93. The molecule has 1 atom stereocenters. The monoisotopic (exact) mass is 324 g/mol. The van der Waals surface area contributed by atoms with Gasteiger partial charge in [0.05, 0.1) is 24.6 Å². The average molecular weight is 324 g/mol. The molecule has 2 aromatic rings. The van der Waals surface area contributed by atoms with E-state index in [1.807, 2.05) is 35.6 Å². The summed E-state index contributed by atoms with van der Waals surface area (Å²) in [5.41, 5.74) is 2.00. The van der Waals surface area contributed by atoms with Crippen molar-refractivity contribution in [2.45, 2.75) is 31.8 Å². The van der Waals surface area contributed by atoms with Gasteiger partial charge in [0, 0.05) is 30.6 Å². The van der Waals surface area contributed by atoms with Crippen molar-refractivity contribution in [3.63, 3.8) is 0 Å². The van der Waals surface area contributed by atoms with Gasteiger partial charge in [-0.25, -0.2) is 9.97 Å². The van der Waals surface area contributed by atoms with Crippen molar-refractivity contribution >= 4 is 5.91 Å². The maximum absolute atomic E-state index is 12.7. The van der Waals surface area contributed by atoms with Gasteiger partial charge in [0.15, 0.2) is 0 Å². The fourth-order valence-corrected chi connectivity index (χ4v) is 3.36. The SMILES string of the molecule is O=C(C1=CCCC1)N1Cc2cncn2[C@H](COc2ccccn2)C1. The molecule has 0 unspecified atom stereocenters. The largest absolute Gasteiger partial charge is 0.475 e. The van der Waals surface area contributed by atoms with Gasteiger partial charge in [-0.05, 0) is 25.3 Å². The second kappa shape index (κ2) is 6.47. The van der Waals surface area contributed by atoms with Crippen LogP contribution in [0.2, 0.25) is 0 Å². The van der Waals surface area contributed by atoms with Crippen molar-refractivity contribution in [3.8, 4) is 5.88 Å². The molecule has 0 bridgehead atoms. The van der Waals surface area contributed by atoms with E-state index in [2.05, 4.69) is 20.6 Å². The summed E-state index contributed by atoms with van der Waals surface area (Å²) in [6.07, 6.45) is 10.4. The predicted octanol–water partition coefficient (Wildman–Crippen LogP) is 2.35. The third-order valence-electron chi connectivity index (χ3n) is 4.59. The summed E-state index contributed by atoms with van der Waals surface area (Å²) < 4.78 is 7.92. The van der Waals surface area contributed by atoms with Crippen LogP contribution in [-0.2, 0) is 11.3 Å². The Morgan fingerprint density at radius 1 is 1.38 bits per heavy atom. The van der Waals surface area contributed by atoms with Gasteiger partial charge in [-0.3, -0.25) is 4.79 Å². The number of nitrogens with zero attached hydrogens (tertiary/aromatic N) is 4. The highest BCUT2D eigenvalue weighted by Gasteiger charge is 2.30. The number of hydrogen-bond acceptors (Lipinski definition) is 4. The van der Waals surface area contributed by atoms with Gasteiger partial charge >= 0.3 is 0 Å². The highest BCUT2D eigenvalue weighted by atomic mass is 16.5. The Morgan fingerprint density at radius 3 is 3.12 bits per heavy atom. The molecule has 2 aliphatic rings. The molecule has 0 N–H and O–H groups in total. The van der Waals surface area contributed by atoms with Crippen molar-refractivity contribution < 1.29 is 9.53 Å². The van der Waals surface area contributed by atoms with E-state index >= 15 is 0 Å². The first kappa shape index (κ1) is 14.9. The summed E-state index contributed by atoms with van der Waals surface area (Å²) in [7, 11) is 0. The van der Waals surface area contributed by atoms with E-state index in [-0.39, 0.29) is 11.9 Å². The molecule has 1 aliphatic heterocycles. The lowest BCUT2D eigenvalue weighted by Crippen LogP contribution is -2.43.